The zero-order valence-electron chi connectivity index (χ0n) is 14.7. The molecule has 1 atom stereocenters. The summed E-state index contributed by atoms with van der Waals surface area (Å²) in [5, 5.41) is 2.85. The van der Waals surface area contributed by atoms with Crippen LogP contribution in [0.4, 0.5) is 5.69 Å². The third kappa shape index (κ3) is 3.05. The van der Waals surface area contributed by atoms with Crippen LogP contribution < -0.4 is 10.1 Å². The van der Waals surface area contributed by atoms with Crippen molar-refractivity contribution < 1.29 is 14.3 Å². The Morgan fingerprint density at radius 1 is 1.31 bits per heavy atom. The molecule has 7 nitrogen and oxygen atoms in total. The van der Waals surface area contributed by atoms with Gasteiger partial charge in [0.2, 0.25) is 11.8 Å². The van der Waals surface area contributed by atoms with Crippen molar-refractivity contribution in [2.24, 2.45) is 0 Å². The minimum absolute atomic E-state index is 0.0206. The number of H-pyrrole nitrogens is 1. The molecule has 2 aliphatic heterocycles. The van der Waals surface area contributed by atoms with Crippen LogP contribution in [0.25, 0.3) is 0 Å². The molecule has 2 N–H and O–H groups in total. The van der Waals surface area contributed by atoms with Gasteiger partial charge in [0.1, 0.15) is 11.6 Å². The van der Waals surface area contributed by atoms with E-state index in [0.29, 0.717) is 30.4 Å². The van der Waals surface area contributed by atoms with Crippen molar-refractivity contribution in [3.05, 3.63) is 42.0 Å². The van der Waals surface area contributed by atoms with Crippen LogP contribution in [-0.4, -0.2) is 46.9 Å². The van der Waals surface area contributed by atoms with Gasteiger partial charge in [-0.3, -0.25) is 9.59 Å². The maximum atomic E-state index is 13.1. The lowest BCUT2D eigenvalue weighted by Gasteiger charge is -2.35. The molecule has 1 aromatic heterocycles. The number of nitrogens with one attached hydrogen (secondary N) is 2. The summed E-state index contributed by atoms with van der Waals surface area (Å²) in [5.74, 6) is 1.49. The molecule has 1 unspecified atom stereocenters. The van der Waals surface area contributed by atoms with Crippen LogP contribution in [0.2, 0.25) is 0 Å². The van der Waals surface area contributed by atoms with Crippen LogP contribution in [0.15, 0.2) is 30.6 Å². The number of hydrogen-bond donors (Lipinski definition) is 2. The Kier molecular flexibility index (Phi) is 4.36. The molecule has 2 amide bonds. The van der Waals surface area contributed by atoms with Gasteiger partial charge in [0.15, 0.2) is 0 Å². The van der Waals surface area contributed by atoms with Gasteiger partial charge in [0.05, 0.1) is 13.0 Å². The maximum absolute atomic E-state index is 13.1. The number of methoxy groups -OCH3 is 1. The number of fused-ring (bicyclic) bond motifs is 1. The van der Waals surface area contributed by atoms with E-state index < -0.39 is 5.92 Å². The van der Waals surface area contributed by atoms with Crippen molar-refractivity contribution in [1.82, 2.24) is 14.9 Å². The molecule has 0 bridgehead atoms. The first-order valence-corrected chi connectivity index (χ1v) is 8.91. The van der Waals surface area contributed by atoms with Gasteiger partial charge in [-0.25, -0.2) is 4.98 Å². The van der Waals surface area contributed by atoms with Crippen molar-refractivity contribution in [2.75, 3.05) is 25.5 Å². The number of benzene rings is 1. The summed E-state index contributed by atoms with van der Waals surface area (Å²) in [4.78, 5) is 34.6. The fraction of sp³-hybridized carbons (Fsp3) is 0.421. The zero-order valence-corrected chi connectivity index (χ0v) is 14.7. The molecule has 2 aromatic rings. The van der Waals surface area contributed by atoms with Gasteiger partial charge in [-0.2, -0.15) is 0 Å². The molecule has 7 heteroatoms. The number of likely N-dealkylation sites (tertiary alicyclic amines) is 1. The summed E-state index contributed by atoms with van der Waals surface area (Å²) in [7, 11) is 1.60. The predicted molar refractivity (Wildman–Crippen MR) is 96.1 cm³/mol. The summed E-state index contributed by atoms with van der Waals surface area (Å²) in [5.41, 5.74) is 1.54. The van der Waals surface area contributed by atoms with Crippen LogP contribution in [0.3, 0.4) is 0 Å². The summed E-state index contributed by atoms with van der Waals surface area (Å²) in [6.45, 7) is 1.36. The number of carbonyl (C=O) groups excluding carboxylic acids is 2. The zero-order chi connectivity index (χ0) is 18.1. The number of nitrogens with zero attached hydrogens (tertiary/aromatic N) is 2. The molecule has 1 saturated heterocycles. The van der Waals surface area contributed by atoms with Gasteiger partial charge in [-0.15, -0.1) is 0 Å². The molecule has 26 heavy (non-hydrogen) atoms. The Hall–Kier alpha value is -2.83. The summed E-state index contributed by atoms with van der Waals surface area (Å²) in [6.07, 6.45) is 5.53. The summed E-state index contributed by atoms with van der Waals surface area (Å²) in [6, 6.07) is 5.45. The van der Waals surface area contributed by atoms with Gasteiger partial charge in [0.25, 0.3) is 0 Å². The quantitative estimate of drug-likeness (QED) is 0.885. The largest absolute Gasteiger partial charge is 0.497 e. The first-order chi connectivity index (χ1) is 12.7. The normalized spacial score (nSPS) is 20.4. The average molecular weight is 354 g/mol. The van der Waals surface area contributed by atoms with E-state index >= 15 is 0 Å². The number of rotatable bonds is 3. The fourth-order valence-corrected chi connectivity index (χ4v) is 3.88. The number of amides is 2. The van der Waals surface area contributed by atoms with Gasteiger partial charge in [0, 0.05) is 43.5 Å². The van der Waals surface area contributed by atoms with E-state index in [-0.39, 0.29) is 18.2 Å². The van der Waals surface area contributed by atoms with Crippen molar-refractivity contribution in [2.45, 2.75) is 31.1 Å². The number of hydrogen-bond acceptors (Lipinski definition) is 4. The Bertz CT molecular complexity index is 810. The summed E-state index contributed by atoms with van der Waals surface area (Å²) >= 11 is 0. The Balaban J connectivity index is 1.51. The molecule has 4 rings (SSSR count). The first-order valence-electron chi connectivity index (χ1n) is 8.91. The average Bonchev–Trinajstić information content (AvgIpc) is 3.21. The highest BCUT2D eigenvalue weighted by Gasteiger charge is 2.35. The van der Waals surface area contributed by atoms with E-state index in [0.717, 1.165) is 24.2 Å². The van der Waals surface area contributed by atoms with Crippen LogP contribution in [0.1, 0.15) is 42.5 Å². The van der Waals surface area contributed by atoms with Gasteiger partial charge in [-0.05, 0) is 36.6 Å². The van der Waals surface area contributed by atoms with Crippen molar-refractivity contribution in [1.29, 1.82) is 0 Å². The second kappa shape index (κ2) is 6.82. The van der Waals surface area contributed by atoms with Crippen molar-refractivity contribution in [3.8, 4) is 5.75 Å². The number of aromatic amines is 1. The minimum Gasteiger partial charge on any atom is -0.497 e. The number of anilines is 1. The third-order valence-electron chi connectivity index (χ3n) is 5.31. The van der Waals surface area contributed by atoms with Crippen LogP contribution in [0, 0.1) is 0 Å². The van der Waals surface area contributed by atoms with E-state index in [4.69, 9.17) is 4.74 Å². The number of imidazole rings is 1. The smallest absolute Gasteiger partial charge is 0.230 e. The Morgan fingerprint density at radius 3 is 2.81 bits per heavy atom. The van der Waals surface area contributed by atoms with Crippen molar-refractivity contribution in [3.63, 3.8) is 0 Å². The molecule has 0 spiro atoms. The highest BCUT2D eigenvalue weighted by Crippen LogP contribution is 2.37. The lowest BCUT2D eigenvalue weighted by Crippen LogP contribution is -2.42. The van der Waals surface area contributed by atoms with E-state index in [1.54, 1.807) is 25.4 Å². The number of aromatic nitrogens is 2. The number of piperidine rings is 1. The minimum atomic E-state index is -0.450. The molecule has 2 aliphatic rings. The number of ether oxygens (including phenoxy) is 1. The summed E-state index contributed by atoms with van der Waals surface area (Å²) < 4.78 is 5.29. The predicted octanol–water partition coefficient (Wildman–Crippen LogP) is 2.25. The Labute approximate surface area is 151 Å². The lowest BCUT2D eigenvalue weighted by molar-refractivity contribution is -0.136. The molecule has 0 radical (unpaired) electrons. The third-order valence-corrected chi connectivity index (χ3v) is 5.31. The van der Waals surface area contributed by atoms with Gasteiger partial charge < -0.3 is 19.9 Å². The van der Waals surface area contributed by atoms with Crippen LogP contribution >= 0.6 is 0 Å². The molecular weight excluding hydrogens is 332 g/mol. The van der Waals surface area contributed by atoms with Crippen LogP contribution in [0.5, 0.6) is 5.75 Å². The fourth-order valence-electron chi connectivity index (χ4n) is 3.88. The Morgan fingerprint density at radius 2 is 2.12 bits per heavy atom. The maximum Gasteiger partial charge on any atom is 0.230 e. The van der Waals surface area contributed by atoms with Gasteiger partial charge >= 0.3 is 0 Å². The van der Waals surface area contributed by atoms with E-state index in [1.165, 1.54) is 0 Å². The number of carbonyl (C=O) groups is 2. The van der Waals surface area contributed by atoms with E-state index in [1.807, 2.05) is 17.2 Å². The van der Waals surface area contributed by atoms with Gasteiger partial charge in [-0.1, -0.05) is 0 Å². The molecule has 1 fully saturated rings. The second-order valence-corrected chi connectivity index (χ2v) is 6.83. The molecule has 1 aromatic carbocycles. The topological polar surface area (TPSA) is 87.3 Å². The molecule has 3 heterocycles. The SMILES string of the molecule is COc1ccc2c(c1)C(C(=O)N1CCC(c3ncc[nH]3)CC1)CC(=O)N2. The molecule has 0 aliphatic carbocycles. The van der Waals surface area contributed by atoms with Crippen LogP contribution in [-0.2, 0) is 9.59 Å². The first kappa shape index (κ1) is 16.6. The molecule has 136 valence electrons. The highest BCUT2D eigenvalue weighted by molar-refractivity contribution is 6.01. The van der Waals surface area contributed by atoms with Crippen molar-refractivity contribution >= 4 is 17.5 Å². The lowest BCUT2D eigenvalue weighted by atomic mass is 9.87. The molecule has 0 saturated carbocycles. The van der Waals surface area contributed by atoms with E-state index in [9.17, 15) is 9.59 Å². The monoisotopic (exact) mass is 354 g/mol. The second-order valence-electron chi connectivity index (χ2n) is 6.83. The standard InChI is InChI=1S/C19H22N4O3/c1-26-13-2-3-16-14(10-13)15(11-17(24)22-16)19(25)23-8-4-12(5-9-23)18-20-6-7-21-18/h2-3,6-7,10,12,15H,4-5,8-9,11H2,1H3,(H,20,21)(H,22,24). The molecular formula is C19H22N4O3. The highest BCUT2D eigenvalue weighted by atomic mass is 16.5. The van der Waals surface area contributed by atoms with E-state index in [2.05, 4.69) is 15.3 Å².